The number of esters is 2. The molecule has 0 radical (unpaired) electrons. The highest BCUT2D eigenvalue weighted by Gasteiger charge is 2.54. The lowest BCUT2D eigenvalue weighted by molar-refractivity contribution is -0.141. The molecule has 1 fully saturated rings. The standard InChI is InChI=1S/C24H24N2O6/c1-12-15-4-20-23(22(5-15)32-12)19(9-31-14(3)28)16-6-21(29)18(8-30-13(2)27)17(16)7-24(20,10-25)11-26/h4,12,15,22-23H,5-9H2,1-3H3/t12?,15-,22-,23-/m1/s1. The minimum Gasteiger partial charge on any atom is -0.461 e. The van der Waals surface area contributed by atoms with Gasteiger partial charge in [0.2, 0.25) is 0 Å². The van der Waals surface area contributed by atoms with Crippen molar-refractivity contribution < 1.29 is 28.6 Å². The summed E-state index contributed by atoms with van der Waals surface area (Å²) in [7, 11) is 0. The van der Waals surface area contributed by atoms with Gasteiger partial charge in [0.05, 0.1) is 24.3 Å². The van der Waals surface area contributed by atoms with E-state index in [1.165, 1.54) is 13.8 Å². The van der Waals surface area contributed by atoms with Crippen molar-refractivity contribution in [2.24, 2.45) is 17.3 Å². The lowest BCUT2D eigenvalue weighted by Crippen LogP contribution is -2.35. The monoisotopic (exact) mass is 436 g/mol. The number of ether oxygens (including phenoxy) is 3. The Balaban J connectivity index is 1.94. The Hall–Kier alpha value is -3.23. The van der Waals surface area contributed by atoms with E-state index >= 15 is 0 Å². The molecule has 0 N–H and O–H groups in total. The molecule has 2 bridgehead atoms. The Labute approximate surface area is 186 Å². The van der Waals surface area contributed by atoms with Crippen molar-refractivity contribution in [3.8, 4) is 12.1 Å². The first-order valence-electron chi connectivity index (χ1n) is 10.6. The van der Waals surface area contributed by atoms with Crippen LogP contribution in [0, 0.1) is 39.9 Å². The second kappa shape index (κ2) is 8.03. The summed E-state index contributed by atoms with van der Waals surface area (Å²) in [5.74, 6) is -1.57. The van der Waals surface area contributed by atoms with Gasteiger partial charge in [0.15, 0.2) is 11.2 Å². The van der Waals surface area contributed by atoms with Crippen LogP contribution in [0.25, 0.3) is 0 Å². The third-order valence-electron chi connectivity index (χ3n) is 6.93. The van der Waals surface area contributed by atoms with Crippen LogP contribution in [0.4, 0.5) is 0 Å². The van der Waals surface area contributed by atoms with Crippen molar-refractivity contribution in [1.29, 1.82) is 10.5 Å². The molecule has 1 heterocycles. The van der Waals surface area contributed by atoms with Crippen LogP contribution in [0.15, 0.2) is 33.9 Å². The fourth-order valence-corrected chi connectivity index (χ4v) is 5.40. The first-order chi connectivity index (χ1) is 15.2. The number of hydrogen-bond donors (Lipinski definition) is 0. The maximum absolute atomic E-state index is 12.9. The van der Waals surface area contributed by atoms with Crippen LogP contribution in [0.5, 0.6) is 0 Å². The van der Waals surface area contributed by atoms with Gasteiger partial charge in [0.1, 0.15) is 13.2 Å². The molecule has 1 unspecified atom stereocenters. The minimum atomic E-state index is -1.50. The molecule has 0 aromatic carbocycles. The van der Waals surface area contributed by atoms with Gasteiger partial charge in [0, 0.05) is 44.1 Å². The number of rotatable bonds is 4. The number of nitrogens with zero attached hydrogens (tertiary/aromatic N) is 2. The number of allylic oxidation sites excluding steroid dienone is 2. The van der Waals surface area contributed by atoms with Gasteiger partial charge in [-0.3, -0.25) is 14.4 Å². The molecule has 32 heavy (non-hydrogen) atoms. The molecule has 4 atom stereocenters. The number of carbonyl (C=O) groups is 3. The highest BCUT2D eigenvalue weighted by atomic mass is 16.5. The smallest absolute Gasteiger partial charge is 0.302 e. The zero-order valence-electron chi connectivity index (χ0n) is 18.3. The molecule has 1 aliphatic heterocycles. The van der Waals surface area contributed by atoms with Crippen LogP contribution in [0.2, 0.25) is 0 Å². The third kappa shape index (κ3) is 3.45. The lowest BCUT2D eigenvalue weighted by atomic mass is 9.66. The van der Waals surface area contributed by atoms with Gasteiger partial charge < -0.3 is 14.2 Å². The van der Waals surface area contributed by atoms with E-state index in [0.29, 0.717) is 27.9 Å². The lowest BCUT2D eigenvalue weighted by Gasteiger charge is -2.34. The topological polar surface area (TPSA) is 126 Å². The van der Waals surface area contributed by atoms with E-state index in [-0.39, 0.29) is 50.0 Å². The van der Waals surface area contributed by atoms with Crippen molar-refractivity contribution in [2.75, 3.05) is 13.2 Å². The van der Waals surface area contributed by atoms with Gasteiger partial charge >= 0.3 is 11.9 Å². The number of nitriles is 2. The van der Waals surface area contributed by atoms with E-state index in [1.54, 1.807) is 0 Å². The summed E-state index contributed by atoms with van der Waals surface area (Å²) in [5, 5.41) is 20.4. The van der Waals surface area contributed by atoms with Gasteiger partial charge in [0.25, 0.3) is 0 Å². The molecule has 0 saturated carbocycles. The van der Waals surface area contributed by atoms with E-state index in [2.05, 4.69) is 12.1 Å². The Kier molecular flexibility index (Phi) is 5.52. The summed E-state index contributed by atoms with van der Waals surface area (Å²) in [6, 6.07) is 4.43. The maximum Gasteiger partial charge on any atom is 0.302 e. The molecular formula is C24H24N2O6. The quantitative estimate of drug-likeness (QED) is 0.486. The summed E-state index contributed by atoms with van der Waals surface area (Å²) in [5.41, 5.74) is 1.36. The molecule has 0 aromatic heterocycles. The van der Waals surface area contributed by atoms with Crippen LogP contribution in [0.1, 0.15) is 40.0 Å². The summed E-state index contributed by atoms with van der Waals surface area (Å²) in [4.78, 5) is 35.9. The van der Waals surface area contributed by atoms with E-state index in [4.69, 9.17) is 14.2 Å². The van der Waals surface area contributed by atoms with E-state index in [0.717, 1.165) is 6.42 Å². The molecule has 1 saturated heterocycles. The highest BCUT2D eigenvalue weighted by Crippen LogP contribution is 2.56. The second-order valence-corrected chi connectivity index (χ2v) is 8.81. The van der Waals surface area contributed by atoms with Crippen LogP contribution >= 0.6 is 0 Å². The van der Waals surface area contributed by atoms with E-state index in [9.17, 15) is 24.9 Å². The average molecular weight is 436 g/mol. The number of hydrogen-bond acceptors (Lipinski definition) is 8. The Morgan fingerprint density at radius 2 is 1.81 bits per heavy atom. The molecule has 8 heteroatoms. The average Bonchev–Trinajstić information content (AvgIpc) is 3.17. The van der Waals surface area contributed by atoms with Crippen LogP contribution in [-0.4, -0.2) is 43.1 Å². The SMILES string of the molecule is CC(=O)OCC1=C2CC(C#N)(C#N)C3=C[C@@H]4C[C@@H](OC4C)[C@@H]3C(COC(C)=O)=C2CC1=O. The minimum absolute atomic E-state index is 0.0113. The number of ketones is 1. The van der Waals surface area contributed by atoms with Gasteiger partial charge in [-0.2, -0.15) is 10.5 Å². The molecule has 166 valence electrons. The van der Waals surface area contributed by atoms with Gasteiger partial charge in [-0.25, -0.2) is 0 Å². The molecule has 3 aliphatic carbocycles. The first kappa shape index (κ1) is 22.0. The fourth-order valence-electron chi connectivity index (χ4n) is 5.40. The van der Waals surface area contributed by atoms with Crippen LogP contribution in [-0.2, 0) is 28.6 Å². The van der Waals surface area contributed by atoms with Crippen molar-refractivity contribution in [2.45, 2.75) is 52.2 Å². The largest absolute Gasteiger partial charge is 0.461 e. The number of fused-ring (bicyclic) bond motifs is 5. The van der Waals surface area contributed by atoms with Crippen molar-refractivity contribution in [1.82, 2.24) is 0 Å². The van der Waals surface area contributed by atoms with Crippen LogP contribution in [0.3, 0.4) is 0 Å². The van der Waals surface area contributed by atoms with Crippen molar-refractivity contribution in [3.05, 3.63) is 33.9 Å². The van der Waals surface area contributed by atoms with Gasteiger partial charge in [-0.15, -0.1) is 0 Å². The molecule has 0 amide bonds. The van der Waals surface area contributed by atoms with Gasteiger partial charge in [-0.1, -0.05) is 6.08 Å². The summed E-state index contributed by atoms with van der Waals surface area (Å²) in [6.45, 7) is 4.25. The van der Waals surface area contributed by atoms with Crippen molar-refractivity contribution in [3.63, 3.8) is 0 Å². The van der Waals surface area contributed by atoms with E-state index < -0.39 is 23.3 Å². The Morgan fingerprint density at radius 3 is 2.44 bits per heavy atom. The molecular weight excluding hydrogens is 412 g/mol. The molecule has 4 aliphatic rings. The summed E-state index contributed by atoms with van der Waals surface area (Å²) < 4.78 is 16.7. The fraction of sp³-hybridized carbons (Fsp3) is 0.542. The first-order valence-corrected chi connectivity index (χ1v) is 10.6. The third-order valence-corrected chi connectivity index (χ3v) is 6.93. The van der Waals surface area contributed by atoms with Gasteiger partial charge in [-0.05, 0) is 35.6 Å². The molecule has 0 spiro atoms. The highest BCUT2D eigenvalue weighted by molar-refractivity contribution is 6.03. The Bertz CT molecular complexity index is 1070. The second-order valence-electron chi connectivity index (χ2n) is 8.81. The zero-order valence-corrected chi connectivity index (χ0v) is 18.3. The van der Waals surface area contributed by atoms with Crippen molar-refractivity contribution >= 4 is 17.7 Å². The zero-order chi connectivity index (χ0) is 23.2. The molecule has 0 aromatic rings. The van der Waals surface area contributed by atoms with Crippen LogP contribution < -0.4 is 0 Å². The summed E-state index contributed by atoms with van der Waals surface area (Å²) in [6.07, 6.45) is 2.43. The predicted molar refractivity (Wildman–Crippen MR) is 109 cm³/mol. The Morgan fingerprint density at radius 1 is 1.16 bits per heavy atom. The number of Topliss-reactive ketones (excluding diaryl/α,β-unsaturated/α-hetero) is 1. The predicted octanol–water partition coefficient (Wildman–Crippen LogP) is 2.47. The number of carbonyl (C=O) groups excluding carboxylic acids is 3. The summed E-state index contributed by atoms with van der Waals surface area (Å²) >= 11 is 0. The normalized spacial score (nSPS) is 29.9. The maximum atomic E-state index is 12.9. The van der Waals surface area contributed by atoms with E-state index in [1.807, 2.05) is 13.0 Å². The molecule has 8 nitrogen and oxygen atoms in total. The molecule has 4 rings (SSSR count).